The number of hydrogen-bond donors (Lipinski definition) is 1. The molecule has 0 aliphatic carbocycles. The molecule has 222 valence electrons. The third-order valence-electron chi connectivity index (χ3n) is 6.17. The van der Waals surface area contributed by atoms with Crippen LogP contribution in [0.1, 0.15) is 23.6 Å². The van der Waals surface area contributed by atoms with E-state index in [1.165, 1.54) is 30.5 Å². The summed E-state index contributed by atoms with van der Waals surface area (Å²) in [5, 5.41) is 14.8. The highest BCUT2D eigenvalue weighted by Gasteiger charge is 2.27. The average molecular weight is 603 g/mol. The molecule has 4 rings (SSSR count). The zero-order chi connectivity index (χ0) is 30.8. The Kier molecular flexibility index (Phi) is 10.1. The Morgan fingerprint density at radius 1 is 0.907 bits per heavy atom. The number of non-ortho nitro benzene ring substituents is 1. The maximum Gasteiger partial charge on any atom is 0.269 e. The van der Waals surface area contributed by atoms with Crippen LogP contribution in [-0.4, -0.2) is 38.6 Å². The average Bonchev–Trinajstić information content (AvgIpc) is 3.00. The second kappa shape index (κ2) is 14.1. The quantitative estimate of drug-likeness (QED) is 0.126. The number of nitro benzene ring substituents is 1. The summed E-state index contributed by atoms with van der Waals surface area (Å²) < 4.78 is 39.3. The Hall–Kier alpha value is -5.23. The molecule has 4 aromatic rings. The summed E-state index contributed by atoms with van der Waals surface area (Å²) in [4.78, 5) is 23.2. The number of benzene rings is 4. The first-order valence-corrected chi connectivity index (χ1v) is 14.7. The molecule has 0 saturated heterocycles. The van der Waals surface area contributed by atoms with Gasteiger partial charge in [-0.05, 0) is 97.8 Å². The van der Waals surface area contributed by atoms with Crippen molar-refractivity contribution in [3.63, 3.8) is 0 Å². The van der Waals surface area contributed by atoms with Gasteiger partial charge >= 0.3 is 0 Å². The third kappa shape index (κ3) is 8.39. The summed E-state index contributed by atoms with van der Waals surface area (Å²) in [6.45, 7) is 3.91. The highest BCUT2D eigenvalue weighted by atomic mass is 32.2. The van der Waals surface area contributed by atoms with E-state index in [9.17, 15) is 23.3 Å². The van der Waals surface area contributed by atoms with Crippen molar-refractivity contribution in [2.45, 2.75) is 25.3 Å². The molecule has 0 radical (unpaired) electrons. The van der Waals surface area contributed by atoms with Crippen LogP contribution < -0.4 is 19.2 Å². The number of aryl methyl sites for hydroxylation is 1. The molecule has 0 unspecified atom stereocenters. The van der Waals surface area contributed by atoms with Gasteiger partial charge in [0.05, 0.1) is 28.3 Å². The van der Waals surface area contributed by atoms with Crippen LogP contribution in [-0.2, 0) is 21.4 Å². The van der Waals surface area contributed by atoms with Gasteiger partial charge in [-0.2, -0.15) is 5.10 Å². The van der Waals surface area contributed by atoms with Gasteiger partial charge in [-0.25, -0.2) is 13.8 Å². The number of carbonyl (C=O) groups excluding carboxylic acids is 1. The molecule has 1 amide bonds. The minimum atomic E-state index is -4.09. The maximum absolute atomic E-state index is 13.6. The first-order chi connectivity index (χ1) is 20.7. The molecule has 1 N–H and O–H groups in total. The van der Waals surface area contributed by atoms with Crippen LogP contribution in [0.2, 0.25) is 0 Å². The minimum absolute atomic E-state index is 0.0107. The van der Waals surface area contributed by atoms with Crippen LogP contribution in [0.3, 0.4) is 0 Å². The number of nitrogens with zero attached hydrogens (tertiary/aromatic N) is 3. The Bertz CT molecular complexity index is 1670. The van der Waals surface area contributed by atoms with E-state index in [0.29, 0.717) is 29.4 Å². The van der Waals surface area contributed by atoms with Crippen molar-refractivity contribution in [3.05, 3.63) is 124 Å². The molecular weight excluding hydrogens is 572 g/mol. The van der Waals surface area contributed by atoms with E-state index in [2.05, 4.69) is 10.5 Å². The lowest BCUT2D eigenvalue weighted by molar-refractivity contribution is -0.384. The van der Waals surface area contributed by atoms with E-state index < -0.39 is 27.4 Å². The lowest BCUT2D eigenvalue weighted by atomic mass is 10.2. The molecule has 0 atom stereocenters. The van der Waals surface area contributed by atoms with Gasteiger partial charge in [0.15, 0.2) is 0 Å². The number of ether oxygens (including phenoxy) is 2. The summed E-state index contributed by atoms with van der Waals surface area (Å²) in [7, 11) is -4.09. The molecule has 4 aromatic carbocycles. The van der Waals surface area contributed by atoms with Crippen molar-refractivity contribution < 1.29 is 27.6 Å². The van der Waals surface area contributed by atoms with Gasteiger partial charge in [-0.15, -0.1) is 0 Å². The third-order valence-corrected chi connectivity index (χ3v) is 7.96. The van der Waals surface area contributed by atoms with Gasteiger partial charge < -0.3 is 9.47 Å². The van der Waals surface area contributed by atoms with Gasteiger partial charge in [0.2, 0.25) is 0 Å². The Balaban J connectivity index is 1.38. The Morgan fingerprint density at radius 3 is 2.12 bits per heavy atom. The summed E-state index contributed by atoms with van der Waals surface area (Å²) in [5.74, 6) is 0.488. The number of amides is 1. The number of rotatable bonds is 13. The second-order valence-corrected chi connectivity index (χ2v) is 11.2. The molecule has 43 heavy (non-hydrogen) atoms. The molecular formula is C31H30N4O7S. The summed E-state index contributed by atoms with van der Waals surface area (Å²) in [6, 6.07) is 25.8. The van der Waals surface area contributed by atoms with Crippen LogP contribution in [0.4, 0.5) is 11.4 Å². The second-order valence-electron chi connectivity index (χ2n) is 9.33. The number of hydrazone groups is 1. The van der Waals surface area contributed by atoms with Gasteiger partial charge in [0.25, 0.3) is 21.6 Å². The monoisotopic (exact) mass is 602 g/mol. The first kappa shape index (κ1) is 30.7. The number of sulfonamides is 1. The largest absolute Gasteiger partial charge is 0.494 e. The number of nitro groups is 1. The summed E-state index contributed by atoms with van der Waals surface area (Å²) >= 11 is 0. The highest BCUT2D eigenvalue weighted by Crippen LogP contribution is 2.25. The molecule has 0 saturated carbocycles. The van der Waals surface area contributed by atoms with E-state index >= 15 is 0 Å². The number of carbonyl (C=O) groups is 1. The molecule has 0 heterocycles. The van der Waals surface area contributed by atoms with Gasteiger partial charge in [-0.3, -0.25) is 19.2 Å². The van der Waals surface area contributed by atoms with Crippen LogP contribution in [0, 0.1) is 17.0 Å². The van der Waals surface area contributed by atoms with E-state index in [1.54, 1.807) is 72.8 Å². The maximum atomic E-state index is 13.6. The van der Waals surface area contributed by atoms with Crippen molar-refractivity contribution in [2.75, 3.05) is 17.5 Å². The van der Waals surface area contributed by atoms with Crippen molar-refractivity contribution >= 4 is 33.5 Å². The number of anilines is 1. The Labute approximate surface area is 249 Å². The van der Waals surface area contributed by atoms with Gasteiger partial charge in [0, 0.05) is 12.1 Å². The lowest BCUT2D eigenvalue weighted by Gasteiger charge is -2.24. The molecule has 12 heteroatoms. The smallest absolute Gasteiger partial charge is 0.269 e. The van der Waals surface area contributed by atoms with Crippen LogP contribution >= 0.6 is 0 Å². The number of hydrogen-bond acceptors (Lipinski definition) is 8. The van der Waals surface area contributed by atoms with E-state index in [4.69, 9.17) is 9.47 Å². The van der Waals surface area contributed by atoms with Crippen LogP contribution in [0.5, 0.6) is 11.5 Å². The van der Waals surface area contributed by atoms with Gasteiger partial charge in [-0.1, -0.05) is 17.7 Å². The van der Waals surface area contributed by atoms with Crippen molar-refractivity contribution in [2.24, 2.45) is 5.10 Å². The summed E-state index contributed by atoms with van der Waals surface area (Å²) in [5.41, 5.74) is 5.13. The summed E-state index contributed by atoms with van der Waals surface area (Å²) in [6.07, 6.45) is 1.43. The first-order valence-electron chi connectivity index (χ1n) is 13.3. The zero-order valence-electron chi connectivity index (χ0n) is 23.5. The molecule has 0 aliphatic rings. The molecule has 0 aromatic heterocycles. The standard InChI is InChI=1S/C31H30N4O7S/c1-3-41-28-16-18-30(19-17-28)43(39,40)34(26-10-4-23(2)5-11-26)21-31(36)33-32-20-24-8-14-29(15-9-24)42-22-25-6-12-27(13-7-25)35(37)38/h4-20H,3,21-22H2,1-2H3,(H,33,36)/b32-20-. The SMILES string of the molecule is CCOc1ccc(S(=O)(=O)N(CC(=O)N/N=C\c2ccc(OCc3ccc([N+](=O)[O-])cc3)cc2)c2ccc(C)cc2)cc1. The topological polar surface area (TPSA) is 140 Å². The fourth-order valence-corrected chi connectivity index (χ4v) is 5.32. The fourth-order valence-electron chi connectivity index (χ4n) is 3.90. The van der Waals surface area contributed by atoms with E-state index in [-0.39, 0.29) is 17.2 Å². The molecule has 11 nitrogen and oxygen atoms in total. The normalized spacial score (nSPS) is 11.2. The minimum Gasteiger partial charge on any atom is -0.494 e. The fraction of sp³-hybridized carbons (Fsp3) is 0.161. The van der Waals surface area contributed by atoms with Crippen LogP contribution in [0.15, 0.2) is 107 Å². The lowest BCUT2D eigenvalue weighted by Crippen LogP contribution is -2.39. The predicted molar refractivity (Wildman–Crippen MR) is 163 cm³/mol. The molecule has 0 spiro atoms. The van der Waals surface area contributed by atoms with E-state index in [1.807, 2.05) is 13.8 Å². The molecule has 0 aliphatic heterocycles. The zero-order valence-corrected chi connectivity index (χ0v) is 24.4. The predicted octanol–water partition coefficient (Wildman–Crippen LogP) is 5.23. The van der Waals surface area contributed by atoms with Crippen molar-refractivity contribution in [3.8, 4) is 11.5 Å². The molecule has 0 bridgehead atoms. The van der Waals surface area contributed by atoms with Gasteiger partial charge in [0.1, 0.15) is 24.7 Å². The molecule has 0 fully saturated rings. The number of nitrogens with one attached hydrogen (secondary N) is 1. The highest BCUT2D eigenvalue weighted by molar-refractivity contribution is 7.92. The van der Waals surface area contributed by atoms with Crippen molar-refractivity contribution in [1.29, 1.82) is 0 Å². The van der Waals surface area contributed by atoms with E-state index in [0.717, 1.165) is 15.4 Å². The Morgan fingerprint density at radius 2 is 1.51 bits per heavy atom. The van der Waals surface area contributed by atoms with Crippen LogP contribution in [0.25, 0.3) is 0 Å². The van der Waals surface area contributed by atoms with Crippen molar-refractivity contribution in [1.82, 2.24) is 5.43 Å².